The van der Waals surface area contributed by atoms with Crippen molar-refractivity contribution in [2.75, 3.05) is 14.2 Å². The van der Waals surface area contributed by atoms with Crippen molar-refractivity contribution in [2.24, 2.45) is 0 Å². The van der Waals surface area contributed by atoms with Gasteiger partial charge in [-0.05, 0) is 37.3 Å². The number of benzene rings is 2. The van der Waals surface area contributed by atoms with Crippen LogP contribution in [-0.4, -0.2) is 30.9 Å². The maximum Gasteiger partial charge on any atom is 0.174 e. The lowest BCUT2D eigenvalue weighted by Crippen LogP contribution is -2.09. The largest absolute Gasteiger partial charge is 0.507 e. The molecule has 0 fully saturated rings. The first-order valence-corrected chi connectivity index (χ1v) is 7.04. The van der Waals surface area contributed by atoms with Gasteiger partial charge in [0, 0.05) is 5.56 Å². The van der Waals surface area contributed by atoms with E-state index >= 15 is 0 Å². The zero-order valence-electron chi connectivity index (χ0n) is 13.3. The molecule has 0 bridgehead atoms. The fourth-order valence-corrected chi connectivity index (χ4v) is 2.23. The molecule has 1 N–H and O–H groups in total. The number of hydrogen-bond acceptors (Lipinski definition) is 5. The Morgan fingerprint density at radius 2 is 1.65 bits per heavy atom. The van der Waals surface area contributed by atoms with E-state index in [4.69, 9.17) is 9.47 Å². The van der Waals surface area contributed by atoms with E-state index < -0.39 is 5.78 Å². The Morgan fingerprint density at radius 1 is 0.957 bits per heavy atom. The third kappa shape index (κ3) is 3.69. The van der Waals surface area contributed by atoms with Crippen molar-refractivity contribution < 1.29 is 24.2 Å². The summed E-state index contributed by atoms with van der Waals surface area (Å²) in [5.74, 6) is 0.0273. The number of methoxy groups -OCH3 is 2. The summed E-state index contributed by atoms with van der Waals surface area (Å²) in [6, 6.07) is 9.43. The molecule has 0 radical (unpaired) electrons. The molecule has 2 aromatic rings. The summed E-state index contributed by atoms with van der Waals surface area (Å²) >= 11 is 0. The lowest BCUT2D eigenvalue weighted by atomic mass is 9.99. The van der Waals surface area contributed by atoms with Gasteiger partial charge in [0.1, 0.15) is 5.75 Å². The second kappa shape index (κ2) is 6.96. The van der Waals surface area contributed by atoms with Gasteiger partial charge in [-0.2, -0.15) is 0 Å². The number of carbonyl (C=O) groups excluding carboxylic acids is 2. The Balaban J connectivity index is 2.21. The van der Waals surface area contributed by atoms with Crippen LogP contribution in [0.4, 0.5) is 0 Å². The number of phenolic OH excluding ortho intramolecular Hbond substituents is 1. The van der Waals surface area contributed by atoms with Gasteiger partial charge in [0.15, 0.2) is 23.1 Å². The van der Waals surface area contributed by atoms with Gasteiger partial charge in [-0.15, -0.1) is 0 Å². The molecule has 120 valence electrons. The SMILES string of the molecule is COc1ccc(C(=O)CC(=O)c2cc(C)ccc2O)cc1OC. The predicted octanol–water partition coefficient (Wildman–Crippen LogP) is 3.17. The van der Waals surface area contributed by atoms with E-state index in [1.165, 1.54) is 26.4 Å². The highest BCUT2D eigenvalue weighted by Crippen LogP contribution is 2.28. The van der Waals surface area contributed by atoms with E-state index in [1.54, 1.807) is 24.3 Å². The number of phenols is 1. The topological polar surface area (TPSA) is 72.8 Å². The van der Waals surface area contributed by atoms with E-state index in [-0.39, 0.29) is 23.5 Å². The van der Waals surface area contributed by atoms with E-state index in [1.807, 2.05) is 6.92 Å². The quantitative estimate of drug-likeness (QED) is 0.655. The van der Waals surface area contributed by atoms with E-state index in [2.05, 4.69) is 0 Å². The molecule has 5 heteroatoms. The molecule has 0 spiro atoms. The predicted molar refractivity (Wildman–Crippen MR) is 85.7 cm³/mol. The first-order chi connectivity index (χ1) is 11.0. The van der Waals surface area contributed by atoms with Gasteiger partial charge in [-0.3, -0.25) is 9.59 Å². The summed E-state index contributed by atoms with van der Waals surface area (Å²) in [6.45, 7) is 1.81. The average molecular weight is 314 g/mol. The highest BCUT2D eigenvalue weighted by Gasteiger charge is 2.18. The Morgan fingerprint density at radius 3 is 2.30 bits per heavy atom. The second-order valence-electron chi connectivity index (χ2n) is 5.11. The van der Waals surface area contributed by atoms with Crippen LogP contribution >= 0.6 is 0 Å². The molecular weight excluding hydrogens is 296 g/mol. The second-order valence-corrected chi connectivity index (χ2v) is 5.11. The standard InChI is InChI=1S/C18H18O5/c1-11-4-6-14(19)13(8-11)16(21)10-15(20)12-5-7-17(22-2)18(9-12)23-3/h4-9,19H,10H2,1-3H3. The fraction of sp³-hybridized carbons (Fsp3) is 0.222. The minimum Gasteiger partial charge on any atom is -0.507 e. The van der Waals surface area contributed by atoms with Crippen molar-refractivity contribution in [2.45, 2.75) is 13.3 Å². The van der Waals surface area contributed by atoms with Crippen LogP contribution in [0.1, 0.15) is 32.7 Å². The monoisotopic (exact) mass is 314 g/mol. The average Bonchev–Trinajstić information content (AvgIpc) is 2.56. The smallest absolute Gasteiger partial charge is 0.174 e. The molecule has 0 atom stereocenters. The van der Waals surface area contributed by atoms with Gasteiger partial charge in [0.2, 0.25) is 0 Å². The van der Waals surface area contributed by atoms with Gasteiger partial charge in [-0.1, -0.05) is 11.6 Å². The molecule has 0 saturated heterocycles. The first-order valence-electron chi connectivity index (χ1n) is 7.04. The Hall–Kier alpha value is -2.82. The van der Waals surface area contributed by atoms with E-state index in [0.29, 0.717) is 17.1 Å². The number of aryl methyl sites for hydroxylation is 1. The molecule has 2 aromatic carbocycles. The minimum atomic E-state index is -0.425. The molecule has 0 aromatic heterocycles. The summed E-state index contributed by atoms with van der Waals surface area (Å²) in [7, 11) is 2.98. The van der Waals surface area contributed by atoms with Gasteiger partial charge in [0.25, 0.3) is 0 Å². The Kier molecular flexibility index (Phi) is 5.01. The number of carbonyl (C=O) groups is 2. The Labute approximate surface area is 134 Å². The van der Waals surface area contributed by atoms with Crippen LogP contribution in [-0.2, 0) is 0 Å². The molecule has 0 unspecified atom stereocenters. The van der Waals surface area contributed by atoms with Gasteiger partial charge in [0.05, 0.1) is 26.2 Å². The summed E-state index contributed by atoms with van der Waals surface area (Å²) in [5, 5.41) is 9.77. The van der Waals surface area contributed by atoms with Crippen LogP contribution in [0.5, 0.6) is 17.2 Å². The summed E-state index contributed by atoms with van der Waals surface area (Å²) in [5.41, 5.74) is 1.34. The van der Waals surface area contributed by atoms with Crippen LogP contribution in [0.2, 0.25) is 0 Å². The number of Topliss-reactive ketones (excluding diaryl/α,β-unsaturated/α-hetero) is 2. The number of ether oxygens (including phenoxy) is 2. The van der Waals surface area contributed by atoms with Crippen LogP contribution in [0.25, 0.3) is 0 Å². The van der Waals surface area contributed by atoms with Crippen LogP contribution in [0.3, 0.4) is 0 Å². The zero-order valence-corrected chi connectivity index (χ0v) is 13.3. The minimum absolute atomic E-state index is 0.124. The number of ketones is 2. The van der Waals surface area contributed by atoms with Crippen molar-refractivity contribution in [3.05, 3.63) is 53.1 Å². The molecule has 23 heavy (non-hydrogen) atoms. The van der Waals surface area contributed by atoms with Crippen molar-refractivity contribution in [3.63, 3.8) is 0 Å². The molecular formula is C18H18O5. The molecule has 0 aliphatic heterocycles. The maximum absolute atomic E-state index is 12.3. The lowest BCUT2D eigenvalue weighted by Gasteiger charge is -2.09. The first kappa shape index (κ1) is 16.5. The summed E-state index contributed by atoms with van der Waals surface area (Å²) in [4.78, 5) is 24.5. The zero-order chi connectivity index (χ0) is 17.0. The maximum atomic E-state index is 12.3. The van der Waals surface area contributed by atoms with Crippen LogP contribution in [0, 0.1) is 6.92 Å². The number of rotatable bonds is 6. The van der Waals surface area contributed by atoms with Crippen molar-refractivity contribution in [1.82, 2.24) is 0 Å². The lowest BCUT2D eigenvalue weighted by molar-refractivity contribution is 0.0892. The fourth-order valence-electron chi connectivity index (χ4n) is 2.23. The van der Waals surface area contributed by atoms with Crippen LogP contribution < -0.4 is 9.47 Å². The molecule has 0 amide bonds. The highest BCUT2D eigenvalue weighted by molar-refractivity contribution is 6.14. The highest BCUT2D eigenvalue weighted by atomic mass is 16.5. The van der Waals surface area contributed by atoms with Gasteiger partial charge >= 0.3 is 0 Å². The van der Waals surface area contributed by atoms with Crippen molar-refractivity contribution in [1.29, 1.82) is 0 Å². The molecule has 2 rings (SSSR count). The normalized spacial score (nSPS) is 10.2. The molecule has 5 nitrogen and oxygen atoms in total. The number of aromatic hydroxyl groups is 1. The Bertz CT molecular complexity index is 749. The van der Waals surface area contributed by atoms with Gasteiger partial charge in [-0.25, -0.2) is 0 Å². The molecule has 0 aliphatic rings. The van der Waals surface area contributed by atoms with Crippen molar-refractivity contribution in [3.8, 4) is 17.2 Å². The summed E-state index contributed by atoms with van der Waals surface area (Å²) in [6.07, 6.45) is -0.327. The molecule has 0 aliphatic carbocycles. The summed E-state index contributed by atoms with van der Waals surface area (Å²) < 4.78 is 10.3. The number of hydrogen-bond donors (Lipinski definition) is 1. The third-order valence-electron chi connectivity index (χ3n) is 3.48. The molecule has 0 heterocycles. The third-order valence-corrected chi connectivity index (χ3v) is 3.48. The van der Waals surface area contributed by atoms with E-state index in [0.717, 1.165) is 5.56 Å². The van der Waals surface area contributed by atoms with Gasteiger partial charge < -0.3 is 14.6 Å². The van der Waals surface area contributed by atoms with E-state index in [9.17, 15) is 14.7 Å². The van der Waals surface area contributed by atoms with Crippen molar-refractivity contribution >= 4 is 11.6 Å². The van der Waals surface area contributed by atoms with Crippen LogP contribution in [0.15, 0.2) is 36.4 Å². The molecule has 0 saturated carbocycles.